The molecule has 0 saturated carbocycles. The summed E-state index contributed by atoms with van der Waals surface area (Å²) in [5.74, 6) is -0.602. The number of anilines is 1. The lowest BCUT2D eigenvalue weighted by Crippen LogP contribution is -2.12. The van der Waals surface area contributed by atoms with Crippen molar-refractivity contribution in [2.45, 2.75) is 19.8 Å². The van der Waals surface area contributed by atoms with Crippen molar-refractivity contribution in [1.29, 1.82) is 0 Å². The fourth-order valence-corrected chi connectivity index (χ4v) is 3.16. The van der Waals surface area contributed by atoms with Crippen molar-refractivity contribution >= 4 is 23.2 Å². The van der Waals surface area contributed by atoms with Gasteiger partial charge in [-0.15, -0.1) is 0 Å². The van der Waals surface area contributed by atoms with Crippen LogP contribution >= 0.6 is 0 Å². The van der Waals surface area contributed by atoms with Crippen LogP contribution in [0, 0.1) is 0 Å². The molecule has 31 heavy (non-hydrogen) atoms. The standard InChI is InChI=1S/C25H23N3O3/c1-2-3-15-31-25(30)19-9-11-21(12-10-19)26-24(29)20-13-14-28-17-22(27-23(28)16-20)18-7-5-4-6-8-18/h4-14,16-17H,2-3,15H2,1H3,(H,26,29). The molecule has 0 atom stereocenters. The van der Waals surface area contributed by atoms with E-state index in [-0.39, 0.29) is 11.9 Å². The third kappa shape index (κ3) is 4.80. The van der Waals surface area contributed by atoms with Gasteiger partial charge in [0.15, 0.2) is 0 Å². The number of aromatic nitrogens is 2. The van der Waals surface area contributed by atoms with Crippen LogP contribution < -0.4 is 5.32 Å². The largest absolute Gasteiger partial charge is 0.462 e. The van der Waals surface area contributed by atoms with Crippen molar-refractivity contribution < 1.29 is 14.3 Å². The number of carbonyl (C=O) groups excluding carboxylic acids is 2. The lowest BCUT2D eigenvalue weighted by Gasteiger charge is -2.07. The number of nitrogens with zero attached hydrogens (tertiary/aromatic N) is 2. The molecule has 0 spiro atoms. The predicted molar refractivity (Wildman–Crippen MR) is 120 cm³/mol. The van der Waals surface area contributed by atoms with Gasteiger partial charge in [0.2, 0.25) is 0 Å². The molecule has 0 unspecified atom stereocenters. The van der Waals surface area contributed by atoms with Crippen LogP contribution in [-0.4, -0.2) is 27.9 Å². The first kappa shape index (κ1) is 20.3. The van der Waals surface area contributed by atoms with Crippen molar-refractivity contribution in [3.8, 4) is 11.3 Å². The summed E-state index contributed by atoms with van der Waals surface area (Å²) in [4.78, 5) is 29.3. The number of amides is 1. The minimum absolute atomic E-state index is 0.245. The zero-order chi connectivity index (χ0) is 21.6. The Morgan fingerprint density at radius 3 is 2.52 bits per heavy atom. The maximum atomic E-state index is 12.7. The van der Waals surface area contributed by atoms with E-state index >= 15 is 0 Å². The molecule has 6 heteroatoms. The second kappa shape index (κ2) is 9.26. The van der Waals surface area contributed by atoms with E-state index in [1.165, 1.54) is 0 Å². The third-order valence-corrected chi connectivity index (χ3v) is 4.90. The first-order chi connectivity index (χ1) is 15.1. The van der Waals surface area contributed by atoms with Gasteiger partial charge in [-0.2, -0.15) is 0 Å². The molecule has 6 nitrogen and oxygen atoms in total. The summed E-state index contributed by atoms with van der Waals surface area (Å²) >= 11 is 0. The Balaban J connectivity index is 1.45. The Hall–Kier alpha value is -3.93. The number of ether oxygens (including phenoxy) is 1. The van der Waals surface area contributed by atoms with Gasteiger partial charge in [-0.05, 0) is 42.8 Å². The number of carbonyl (C=O) groups is 2. The number of esters is 1. The average molecular weight is 413 g/mol. The van der Waals surface area contributed by atoms with E-state index in [0.717, 1.165) is 24.1 Å². The Kier molecular flexibility index (Phi) is 6.08. The summed E-state index contributed by atoms with van der Waals surface area (Å²) in [6, 6.07) is 20.1. The number of benzene rings is 2. The molecule has 0 bridgehead atoms. The van der Waals surface area contributed by atoms with Crippen LogP contribution in [-0.2, 0) is 4.74 Å². The van der Waals surface area contributed by atoms with Gasteiger partial charge >= 0.3 is 5.97 Å². The Morgan fingerprint density at radius 2 is 1.77 bits per heavy atom. The third-order valence-electron chi connectivity index (χ3n) is 4.90. The minimum Gasteiger partial charge on any atom is -0.462 e. The molecular formula is C25H23N3O3. The topological polar surface area (TPSA) is 72.7 Å². The summed E-state index contributed by atoms with van der Waals surface area (Å²) in [6.07, 6.45) is 5.56. The maximum absolute atomic E-state index is 12.7. The summed E-state index contributed by atoms with van der Waals surface area (Å²) in [5, 5.41) is 2.85. The second-order valence-electron chi connectivity index (χ2n) is 7.19. The van der Waals surface area contributed by atoms with E-state index in [1.807, 2.05) is 54.0 Å². The summed E-state index contributed by atoms with van der Waals surface area (Å²) in [6.45, 7) is 2.45. The molecule has 2 aromatic heterocycles. The van der Waals surface area contributed by atoms with Crippen LogP contribution in [0.3, 0.4) is 0 Å². The molecular weight excluding hydrogens is 390 g/mol. The molecule has 0 aliphatic carbocycles. The van der Waals surface area contributed by atoms with Crippen molar-refractivity contribution in [2.75, 3.05) is 11.9 Å². The van der Waals surface area contributed by atoms with E-state index in [1.54, 1.807) is 36.4 Å². The van der Waals surface area contributed by atoms with Gasteiger partial charge in [-0.3, -0.25) is 4.79 Å². The van der Waals surface area contributed by atoms with E-state index in [9.17, 15) is 9.59 Å². The van der Waals surface area contributed by atoms with Crippen molar-refractivity contribution in [1.82, 2.24) is 9.38 Å². The zero-order valence-electron chi connectivity index (χ0n) is 17.2. The molecule has 2 aromatic carbocycles. The number of nitrogens with one attached hydrogen (secondary N) is 1. The molecule has 4 aromatic rings. The molecule has 4 rings (SSSR count). The molecule has 1 amide bonds. The van der Waals surface area contributed by atoms with Gasteiger partial charge in [-0.1, -0.05) is 43.7 Å². The average Bonchev–Trinajstić information content (AvgIpc) is 3.24. The fourth-order valence-electron chi connectivity index (χ4n) is 3.16. The smallest absolute Gasteiger partial charge is 0.338 e. The lowest BCUT2D eigenvalue weighted by molar-refractivity contribution is 0.0499. The molecule has 0 fully saturated rings. The number of unbranched alkanes of at least 4 members (excludes halogenated alkanes) is 1. The second-order valence-corrected chi connectivity index (χ2v) is 7.19. The van der Waals surface area contributed by atoms with Gasteiger partial charge in [0.05, 0.1) is 17.9 Å². The number of hydrogen-bond acceptors (Lipinski definition) is 4. The first-order valence-electron chi connectivity index (χ1n) is 10.3. The van der Waals surface area contributed by atoms with E-state index in [0.29, 0.717) is 29.1 Å². The Labute approximate surface area is 180 Å². The summed E-state index contributed by atoms with van der Waals surface area (Å²) in [5.41, 5.74) is 4.12. The van der Waals surface area contributed by atoms with E-state index < -0.39 is 0 Å². The van der Waals surface area contributed by atoms with Crippen LogP contribution in [0.4, 0.5) is 5.69 Å². The molecule has 0 radical (unpaired) electrons. The SMILES string of the molecule is CCCCOC(=O)c1ccc(NC(=O)c2ccn3cc(-c4ccccc4)nc3c2)cc1. The number of rotatable bonds is 7. The van der Waals surface area contributed by atoms with Crippen LogP contribution in [0.5, 0.6) is 0 Å². The molecule has 0 aliphatic heterocycles. The molecule has 156 valence electrons. The highest BCUT2D eigenvalue weighted by atomic mass is 16.5. The highest BCUT2D eigenvalue weighted by molar-refractivity contribution is 6.05. The van der Waals surface area contributed by atoms with Gasteiger partial charge in [0, 0.05) is 29.2 Å². The van der Waals surface area contributed by atoms with Crippen LogP contribution in [0.25, 0.3) is 16.9 Å². The number of pyridine rings is 1. The Bertz CT molecular complexity index is 1200. The highest BCUT2D eigenvalue weighted by Gasteiger charge is 2.11. The van der Waals surface area contributed by atoms with Gasteiger partial charge in [-0.25, -0.2) is 9.78 Å². The monoisotopic (exact) mass is 413 g/mol. The van der Waals surface area contributed by atoms with Crippen LogP contribution in [0.15, 0.2) is 79.1 Å². The maximum Gasteiger partial charge on any atom is 0.338 e. The van der Waals surface area contributed by atoms with Crippen LogP contribution in [0.1, 0.15) is 40.5 Å². The number of imidazole rings is 1. The minimum atomic E-state index is -0.356. The van der Waals surface area contributed by atoms with Crippen molar-refractivity contribution in [3.63, 3.8) is 0 Å². The number of hydrogen-bond donors (Lipinski definition) is 1. The molecule has 1 N–H and O–H groups in total. The molecule has 0 aliphatic rings. The predicted octanol–water partition coefficient (Wildman–Crippen LogP) is 5.21. The van der Waals surface area contributed by atoms with Gasteiger partial charge < -0.3 is 14.5 Å². The normalized spacial score (nSPS) is 10.7. The number of fused-ring (bicyclic) bond motifs is 1. The molecule has 0 saturated heterocycles. The van der Waals surface area contributed by atoms with Gasteiger partial charge in [0.25, 0.3) is 5.91 Å². The summed E-state index contributed by atoms with van der Waals surface area (Å²) in [7, 11) is 0. The summed E-state index contributed by atoms with van der Waals surface area (Å²) < 4.78 is 7.08. The lowest BCUT2D eigenvalue weighted by atomic mass is 10.2. The fraction of sp³-hybridized carbons (Fsp3) is 0.160. The zero-order valence-corrected chi connectivity index (χ0v) is 17.2. The van der Waals surface area contributed by atoms with E-state index in [4.69, 9.17) is 4.74 Å². The first-order valence-corrected chi connectivity index (χ1v) is 10.3. The molecule has 2 heterocycles. The quantitative estimate of drug-likeness (QED) is 0.333. The van der Waals surface area contributed by atoms with Crippen molar-refractivity contribution in [2.24, 2.45) is 0 Å². The van der Waals surface area contributed by atoms with Gasteiger partial charge in [0.1, 0.15) is 5.65 Å². The van der Waals surface area contributed by atoms with Crippen LogP contribution in [0.2, 0.25) is 0 Å². The van der Waals surface area contributed by atoms with Crippen molar-refractivity contribution in [3.05, 3.63) is 90.3 Å². The highest BCUT2D eigenvalue weighted by Crippen LogP contribution is 2.20. The van der Waals surface area contributed by atoms with E-state index in [2.05, 4.69) is 10.3 Å². The Morgan fingerprint density at radius 1 is 1.00 bits per heavy atom.